The predicted molar refractivity (Wildman–Crippen MR) is 96.5 cm³/mol. The Bertz CT molecular complexity index is 903. The zero-order valence-electron chi connectivity index (χ0n) is 15.0. The summed E-state index contributed by atoms with van der Waals surface area (Å²) in [6, 6.07) is 13.5. The highest BCUT2D eigenvalue weighted by Crippen LogP contribution is 2.23. The lowest BCUT2D eigenvalue weighted by Crippen LogP contribution is -2.35. The van der Waals surface area contributed by atoms with E-state index < -0.39 is 30.5 Å². The van der Waals surface area contributed by atoms with Crippen molar-refractivity contribution in [3.8, 4) is 16.9 Å². The first-order chi connectivity index (χ1) is 13.4. The van der Waals surface area contributed by atoms with Crippen LogP contribution in [0.4, 0.5) is 4.79 Å². The number of ether oxygens (including phenoxy) is 3. The standard InChI is InChI=1S/C20H17NO7/c1-13(22)28-17-8-6-15(7-9-17)14-2-4-16(5-3-14)19(24)27-12-18(23)21-10-11-26-20(21)25/h2-9H,10-12H2,1H3. The number of carbonyl (C=O) groups excluding carboxylic acids is 4. The van der Waals surface area contributed by atoms with E-state index in [9.17, 15) is 19.2 Å². The van der Waals surface area contributed by atoms with Crippen LogP contribution in [-0.4, -0.2) is 48.6 Å². The summed E-state index contributed by atoms with van der Waals surface area (Å²) >= 11 is 0. The molecule has 0 saturated carbocycles. The van der Waals surface area contributed by atoms with Gasteiger partial charge in [-0.15, -0.1) is 0 Å². The number of hydrogen-bond acceptors (Lipinski definition) is 7. The van der Waals surface area contributed by atoms with Gasteiger partial charge in [0.15, 0.2) is 6.61 Å². The van der Waals surface area contributed by atoms with Gasteiger partial charge in [0.1, 0.15) is 12.4 Å². The van der Waals surface area contributed by atoms with Crippen LogP contribution in [0.1, 0.15) is 17.3 Å². The lowest BCUT2D eigenvalue weighted by molar-refractivity contribution is -0.132. The summed E-state index contributed by atoms with van der Waals surface area (Å²) in [5.74, 6) is -1.24. The highest BCUT2D eigenvalue weighted by atomic mass is 16.6. The van der Waals surface area contributed by atoms with Crippen molar-refractivity contribution < 1.29 is 33.4 Å². The van der Waals surface area contributed by atoms with E-state index in [0.29, 0.717) is 5.75 Å². The van der Waals surface area contributed by atoms with E-state index in [4.69, 9.17) is 9.47 Å². The van der Waals surface area contributed by atoms with Gasteiger partial charge in [0.05, 0.1) is 12.1 Å². The highest BCUT2D eigenvalue weighted by Gasteiger charge is 2.29. The van der Waals surface area contributed by atoms with Crippen molar-refractivity contribution in [1.82, 2.24) is 4.90 Å². The first-order valence-corrected chi connectivity index (χ1v) is 8.47. The molecule has 2 amide bonds. The van der Waals surface area contributed by atoms with Crippen molar-refractivity contribution in [3.05, 3.63) is 54.1 Å². The van der Waals surface area contributed by atoms with Crippen molar-refractivity contribution in [2.45, 2.75) is 6.92 Å². The van der Waals surface area contributed by atoms with E-state index in [0.717, 1.165) is 16.0 Å². The maximum Gasteiger partial charge on any atom is 0.416 e. The van der Waals surface area contributed by atoms with Gasteiger partial charge in [-0.25, -0.2) is 14.5 Å². The Hall–Kier alpha value is -3.68. The molecular formula is C20H17NO7. The van der Waals surface area contributed by atoms with Gasteiger partial charge < -0.3 is 14.2 Å². The van der Waals surface area contributed by atoms with Crippen LogP contribution in [0, 0.1) is 0 Å². The molecule has 144 valence electrons. The Morgan fingerprint density at radius 2 is 1.61 bits per heavy atom. The van der Waals surface area contributed by atoms with Crippen LogP contribution in [0.3, 0.4) is 0 Å². The molecule has 1 aliphatic rings. The van der Waals surface area contributed by atoms with Gasteiger partial charge in [0.25, 0.3) is 5.91 Å². The fourth-order valence-corrected chi connectivity index (χ4v) is 2.59. The Morgan fingerprint density at radius 1 is 1.00 bits per heavy atom. The van der Waals surface area contributed by atoms with E-state index in [1.54, 1.807) is 48.5 Å². The number of cyclic esters (lactones) is 1. The second-order valence-corrected chi connectivity index (χ2v) is 5.93. The van der Waals surface area contributed by atoms with Crippen LogP contribution >= 0.6 is 0 Å². The number of imide groups is 1. The van der Waals surface area contributed by atoms with Gasteiger partial charge in [0.2, 0.25) is 0 Å². The highest BCUT2D eigenvalue weighted by molar-refractivity contribution is 5.96. The molecule has 8 nitrogen and oxygen atoms in total. The van der Waals surface area contributed by atoms with E-state index in [1.165, 1.54) is 6.92 Å². The van der Waals surface area contributed by atoms with Crippen LogP contribution in [0.25, 0.3) is 11.1 Å². The van der Waals surface area contributed by atoms with Gasteiger partial charge in [-0.3, -0.25) is 9.59 Å². The Balaban J connectivity index is 1.58. The van der Waals surface area contributed by atoms with E-state index >= 15 is 0 Å². The Morgan fingerprint density at radius 3 is 2.14 bits per heavy atom. The largest absolute Gasteiger partial charge is 0.452 e. The molecule has 2 aromatic carbocycles. The molecule has 0 aliphatic carbocycles. The van der Waals surface area contributed by atoms with Crippen LogP contribution in [0.15, 0.2) is 48.5 Å². The average molecular weight is 383 g/mol. The molecule has 0 bridgehead atoms. The summed E-state index contributed by atoms with van der Waals surface area (Å²) in [7, 11) is 0. The van der Waals surface area contributed by atoms with Gasteiger partial charge in [-0.1, -0.05) is 24.3 Å². The van der Waals surface area contributed by atoms with Crippen molar-refractivity contribution in [2.24, 2.45) is 0 Å². The maximum atomic E-state index is 12.1. The number of carbonyl (C=O) groups is 4. The summed E-state index contributed by atoms with van der Waals surface area (Å²) < 4.78 is 14.6. The quantitative estimate of drug-likeness (QED) is 0.577. The number of rotatable bonds is 5. The Labute approximate surface area is 160 Å². The molecule has 0 N–H and O–H groups in total. The Kier molecular flexibility index (Phi) is 5.69. The monoisotopic (exact) mass is 383 g/mol. The van der Waals surface area contributed by atoms with Crippen molar-refractivity contribution in [2.75, 3.05) is 19.8 Å². The van der Waals surface area contributed by atoms with Crippen molar-refractivity contribution >= 4 is 23.9 Å². The summed E-state index contributed by atoms with van der Waals surface area (Å²) in [6.07, 6.45) is -0.731. The second kappa shape index (κ2) is 8.34. The minimum atomic E-state index is -0.731. The maximum absolute atomic E-state index is 12.1. The lowest BCUT2D eigenvalue weighted by Gasteiger charge is -2.11. The molecule has 0 atom stereocenters. The summed E-state index contributed by atoms with van der Waals surface area (Å²) in [6.45, 7) is 1.09. The summed E-state index contributed by atoms with van der Waals surface area (Å²) in [4.78, 5) is 47.1. The van der Waals surface area contributed by atoms with Crippen LogP contribution < -0.4 is 4.74 Å². The predicted octanol–water partition coefficient (Wildman–Crippen LogP) is 2.41. The zero-order valence-corrected chi connectivity index (χ0v) is 15.0. The minimum Gasteiger partial charge on any atom is -0.452 e. The molecule has 1 aliphatic heterocycles. The van der Waals surface area contributed by atoms with Gasteiger partial charge >= 0.3 is 18.0 Å². The van der Waals surface area contributed by atoms with E-state index in [1.807, 2.05) is 0 Å². The SMILES string of the molecule is CC(=O)Oc1ccc(-c2ccc(C(=O)OCC(=O)N3CCOC3=O)cc2)cc1. The molecule has 1 saturated heterocycles. The number of hydrogen-bond donors (Lipinski definition) is 0. The minimum absolute atomic E-state index is 0.141. The average Bonchev–Trinajstić information content (AvgIpc) is 3.12. The number of amides is 2. The topological polar surface area (TPSA) is 99.2 Å². The van der Waals surface area contributed by atoms with E-state index in [-0.39, 0.29) is 18.7 Å². The molecule has 2 aromatic rings. The molecular weight excluding hydrogens is 366 g/mol. The van der Waals surface area contributed by atoms with Gasteiger partial charge in [-0.05, 0) is 35.4 Å². The second-order valence-electron chi connectivity index (χ2n) is 5.93. The first-order valence-electron chi connectivity index (χ1n) is 8.47. The fourth-order valence-electron chi connectivity index (χ4n) is 2.59. The molecule has 1 heterocycles. The van der Waals surface area contributed by atoms with Gasteiger partial charge in [-0.2, -0.15) is 0 Å². The zero-order chi connectivity index (χ0) is 20.1. The van der Waals surface area contributed by atoms with Crippen molar-refractivity contribution in [1.29, 1.82) is 0 Å². The number of nitrogens with zero attached hydrogens (tertiary/aromatic N) is 1. The number of benzene rings is 2. The van der Waals surface area contributed by atoms with Crippen LogP contribution in [0.5, 0.6) is 5.75 Å². The number of esters is 2. The molecule has 28 heavy (non-hydrogen) atoms. The third-order valence-electron chi connectivity index (χ3n) is 3.96. The molecule has 0 unspecified atom stereocenters. The van der Waals surface area contributed by atoms with Gasteiger partial charge in [0, 0.05) is 6.92 Å². The third-order valence-corrected chi connectivity index (χ3v) is 3.96. The summed E-state index contributed by atoms with van der Waals surface area (Å²) in [5.41, 5.74) is 2.00. The molecule has 3 rings (SSSR count). The molecule has 0 aromatic heterocycles. The smallest absolute Gasteiger partial charge is 0.416 e. The fraction of sp³-hybridized carbons (Fsp3) is 0.200. The molecule has 8 heteroatoms. The lowest BCUT2D eigenvalue weighted by atomic mass is 10.0. The molecule has 0 spiro atoms. The summed E-state index contributed by atoms with van der Waals surface area (Å²) in [5, 5.41) is 0. The van der Waals surface area contributed by atoms with E-state index in [2.05, 4.69) is 4.74 Å². The third kappa shape index (κ3) is 4.53. The first kappa shape index (κ1) is 19.1. The normalized spacial score (nSPS) is 13.0. The van der Waals surface area contributed by atoms with Crippen LogP contribution in [0.2, 0.25) is 0 Å². The van der Waals surface area contributed by atoms with Crippen LogP contribution in [-0.2, 0) is 19.1 Å². The molecule has 1 fully saturated rings. The van der Waals surface area contributed by atoms with Crippen molar-refractivity contribution in [3.63, 3.8) is 0 Å². The molecule has 0 radical (unpaired) electrons.